The lowest BCUT2D eigenvalue weighted by molar-refractivity contribution is 0.536. The summed E-state index contributed by atoms with van der Waals surface area (Å²) in [6.07, 6.45) is 1.57. The van der Waals surface area contributed by atoms with Crippen molar-refractivity contribution in [2.75, 3.05) is 5.75 Å². The molecule has 1 aromatic heterocycles. The smallest absolute Gasteiger partial charge is 0.179 e. The molecule has 0 aliphatic heterocycles. The summed E-state index contributed by atoms with van der Waals surface area (Å²) in [6, 6.07) is 25.7. The molecule has 6 nitrogen and oxygen atoms in total. The van der Waals surface area contributed by atoms with Crippen molar-refractivity contribution in [2.24, 2.45) is 0 Å². The standard InChI is InChI=1S/C26H28N4O2S/c1-26(2,25-18-28-30-29-25)19-33(31,32)24-13-11-22(12-14-24)23-10-6-9-21(15-23)17-27-16-20-7-4-3-5-8-20/h3-15,18,27H,16-17,19H2,1-2H3,(H,28,29,30). The van der Waals surface area contributed by atoms with Crippen molar-refractivity contribution in [3.63, 3.8) is 0 Å². The van der Waals surface area contributed by atoms with E-state index in [9.17, 15) is 8.42 Å². The van der Waals surface area contributed by atoms with Crippen LogP contribution < -0.4 is 5.32 Å². The van der Waals surface area contributed by atoms with Crippen LogP contribution in [-0.4, -0.2) is 29.6 Å². The van der Waals surface area contributed by atoms with E-state index in [0.29, 0.717) is 10.6 Å². The maximum Gasteiger partial charge on any atom is 0.179 e. The van der Waals surface area contributed by atoms with E-state index in [2.05, 4.69) is 45.0 Å². The Morgan fingerprint density at radius 2 is 1.55 bits per heavy atom. The van der Waals surface area contributed by atoms with Crippen molar-refractivity contribution in [2.45, 2.75) is 37.2 Å². The number of nitrogens with zero attached hydrogens (tertiary/aromatic N) is 2. The van der Waals surface area contributed by atoms with Crippen LogP contribution in [0.25, 0.3) is 11.1 Å². The number of sulfone groups is 1. The first kappa shape index (κ1) is 22.9. The van der Waals surface area contributed by atoms with Crippen LogP contribution in [0.3, 0.4) is 0 Å². The third kappa shape index (κ3) is 5.74. The first-order chi connectivity index (χ1) is 15.8. The van der Waals surface area contributed by atoms with Gasteiger partial charge in [-0.1, -0.05) is 74.5 Å². The van der Waals surface area contributed by atoms with Gasteiger partial charge in [-0.2, -0.15) is 15.4 Å². The summed E-state index contributed by atoms with van der Waals surface area (Å²) in [5, 5.41) is 13.9. The molecule has 7 heteroatoms. The van der Waals surface area contributed by atoms with Crippen molar-refractivity contribution in [3.8, 4) is 11.1 Å². The molecule has 0 saturated heterocycles. The Morgan fingerprint density at radius 3 is 2.24 bits per heavy atom. The van der Waals surface area contributed by atoms with Gasteiger partial charge < -0.3 is 5.32 Å². The summed E-state index contributed by atoms with van der Waals surface area (Å²) in [6.45, 7) is 5.27. The molecular formula is C26H28N4O2S. The fourth-order valence-electron chi connectivity index (χ4n) is 3.82. The van der Waals surface area contributed by atoms with Gasteiger partial charge in [-0.3, -0.25) is 0 Å². The quantitative estimate of drug-likeness (QED) is 0.384. The molecule has 0 amide bonds. The Kier molecular flexibility index (Phi) is 6.72. The van der Waals surface area contributed by atoms with E-state index < -0.39 is 15.3 Å². The highest BCUT2D eigenvalue weighted by molar-refractivity contribution is 7.91. The number of rotatable bonds is 9. The minimum Gasteiger partial charge on any atom is -0.309 e. The predicted octanol–water partition coefficient (Wildman–Crippen LogP) is 4.51. The highest BCUT2D eigenvalue weighted by Crippen LogP contribution is 2.28. The van der Waals surface area contributed by atoms with Crippen molar-refractivity contribution >= 4 is 9.84 Å². The van der Waals surface area contributed by atoms with Crippen LogP contribution in [0.4, 0.5) is 0 Å². The van der Waals surface area contributed by atoms with Gasteiger partial charge in [-0.15, -0.1) is 0 Å². The number of hydrogen-bond donors (Lipinski definition) is 2. The zero-order valence-corrected chi connectivity index (χ0v) is 19.6. The largest absolute Gasteiger partial charge is 0.309 e. The van der Waals surface area contributed by atoms with Crippen molar-refractivity contribution in [1.82, 2.24) is 20.7 Å². The SMILES string of the molecule is CC(C)(CS(=O)(=O)c1ccc(-c2cccc(CNCc3ccccc3)c2)cc1)c1cn[nH]n1. The van der Waals surface area contributed by atoms with E-state index >= 15 is 0 Å². The summed E-state index contributed by atoms with van der Waals surface area (Å²) in [5.41, 5.74) is 4.44. The second-order valence-corrected chi connectivity index (χ2v) is 10.8. The van der Waals surface area contributed by atoms with Crippen LogP contribution in [-0.2, 0) is 28.3 Å². The lowest BCUT2D eigenvalue weighted by Crippen LogP contribution is -2.28. The van der Waals surface area contributed by atoms with Gasteiger partial charge in [-0.05, 0) is 40.5 Å². The molecule has 2 N–H and O–H groups in total. The highest BCUT2D eigenvalue weighted by atomic mass is 32.2. The summed E-state index contributed by atoms with van der Waals surface area (Å²) < 4.78 is 26.0. The highest BCUT2D eigenvalue weighted by Gasteiger charge is 2.31. The molecule has 0 radical (unpaired) electrons. The molecule has 0 aliphatic carbocycles. The Labute approximate surface area is 195 Å². The van der Waals surface area contributed by atoms with E-state index in [-0.39, 0.29) is 5.75 Å². The van der Waals surface area contributed by atoms with E-state index in [1.54, 1.807) is 18.3 Å². The van der Waals surface area contributed by atoms with E-state index in [4.69, 9.17) is 0 Å². The number of H-pyrrole nitrogens is 1. The molecule has 0 unspecified atom stereocenters. The number of benzene rings is 3. The van der Waals surface area contributed by atoms with Gasteiger partial charge in [0, 0.05) is 18.5 Å². The molecule has 0 aliphatic rings. The van der Waals surface area contributed by atoms with Gasteiger partial charge in [0.2, 0.25) is 0 Å². The van der Waals surface area contributed by atoms with Gasteiger partial charge >= 0.3 is 0 Å². The second-order valence-electron chi connectivity index (χ2n) is 8.81. The van der Waals surface area contributed by atoms with Crippen LogP contribution >= 0.6 is 0 Å². The first-order valence-electron chi connectivity index (χ1n) is 10.9. The van der Waals surface area contributed by atoms with Crippen LogP contribution in [0, 0.1) is 0 Å². The Morgan fingerprint density at radius 1 is 0.848 bits per heavy atom. The van der Waals surface area contributed by atoms with E-state index in [1.165, 1.54) is 11.1 Å². The fraction of sp³-hybridized carbons (Fsp3) is 0.231. The number of hydrogen-bond acceptors (Lipinski definition) is 5. The molecule has 33 heavy (non-hydrogen) atoms. The average Bonchev–Trinajstić information content (AvgIpc) is 3.36. The first-order valence-corrected chi connectivity index (χ1v) is 12.5. The average molecular weight is 461 g/mol. The van der Waals surface area contributed by atoms with Gasteiger partial charge in [0.15, 0.2) is 9.84 Å². The van der Waals surface area contributed by atoms with Crippen LogP contribution in [0.15, 0.2) is 90.0 Å². The lowest BCUT2D eigenvalue weighted by Gasteiger charge is -2.21. The van der Waals surface area contributed by atoms with Crippen molar-refractivity contribution < 1.29 is 8.42 Å². The Balaban J connectivity index is 1.44. The molecule has 0 fully saturated rings. The number of aromatic nitrogens is 3. The zero-order valence-electron chi connectivity index (χ0n) is 18.8. The third-order valence-corrected chi connectivity index (χ3v) is 7.73. The van der Waals surface area contributed by atoms with Gasteiger partial charge in [-0.25, -0.2) is 8.42 Å². The topological polar surface area (TPSA) is 87.7 Å². The summed E-state index contributed by atoms with van der Waals surface area (Å²) in [5.74, 6) is -0.0472. The molecule has 170 valence electrons. The van der Waals surface area contributed by atoms with Gasteiger partial charge in [0.1, 0.15) is 0 Å². The van der Waals surface area contributed by atoms with E-state index in [1.807, 2.05) is 56.3 Å². The van der Waals surface area contributed by atoms with Gasteiger partial charge in [0.25, 0.3) is 0 Å². The van der Waals surface area contributed by atoms with Crippen LogP contribution in [0.2, 0.25) is 0 Å². The van der Waals surface area contributed by atoms with Crippen molar-refractivity contribution in [1.29, 1.82) is 0 Å². The maximum atomic E-state index is 13.0. The fourth-order valence-corrected chi connectivity index (χ4v) is 5.64. The summed E-state index contributed by atoms with van der Waals surface area (Å²) in [4.78, 5) is 0.309. The van der Waals surface area contributed by atoms with Crippen LogP contribution in [0.1, 0.15) is 30.7 Å². The molecule has 0 spiro atoms. The number of nitrogens with one attached hydrogen (secondary N) is 2. The molecule has 0 bridgehead atoms. The maximum absolute atomic E-state index is 13.0. The molecule has 0 saturated carbocycles. The molecule has 1 heterocycles. The third-order valence-electron chi connectivity index (χ3n) is 5.63. The molecule has 4 aromatic rings. The molecule has 3 aromatic carbocycles. The normalized spacial score (nSPS) is 12.1. The minimum absolute atomic E-state index is 0.0472. The van der Waals surface area contributed by atoms with Crippen LogP contribution in [0.5, 0.6) is 0 Å². The Hall–Kier alpha value is -3.29. The molecule has 0 atom stereocenters. The monoisotopic (exact) mass is 460 g/mol. The molecule has 4 rings (SSSR count). The van der Waals surface area contributed by atoms with Gasteiger partial charge in [0.05, 0.1) is 22.5 Å². The Bertz CT molecular complexity index is 1280. The molecular weight excluding hydrogens is 432 g/mol. The predicted molar refractivity (Wildman–Crippen MR) is 130 cm³/mol. The number of aromatic amines is 1. The van der Waals surface area contributed by atoms with E-state index in [0.717, 1.165) is 24.2 Å². The van der Waals surface area contributed by atoms with Crippen molar-refractivity contribution in [3.05, 3.63) is 102 Å². The lowest BCUT2D eigenvalue weighted by atomic mass is 9.93. The minimum atomic E-state index is -3.48. The zero-order chi connectivity index (χ0) is 23.3. The second kappa shape index (κ2) is 9.68. The summed E-state index contributed by atoms with van der Waals surface area (Å²) >= 11 is 0. The summed E-state index contributed by atoms with van der Waals surface area (Å²) in [7, 11) is -3.48.